The number of amides is 6. The summed E-state index contributed by atoms with van der Waals surface area (Å²) in [4.78, 5) is 102. The third-order valence-corrected chi connectivity index (χ3v) is 12.5. The minimum absolute atomic E-state index is 0.0499. The van der Waals surface area contributed by atoms with E-state index in [4.69, 9.17) is 16.3 Å². The van der Waals surface area contributed by atoms with Crippen LogP contribution in [0.4, 0.5) is 13.2 Å². The Balaban J connectivity index is 2.29. The van der Waals surface area contributed by atoms with E-state index in [1.807, 2.05) is 30.6 Å². The first-order valence-electron chi connectivity index (χ1n) is 21.3. The molecule has 0 radical (unpaired) electrons. The molecule has 1 saturated heterocycles. The van der Waals surface area contributed by atoms with Gasteiger partial charge in [-0.15, -0.1) is 11.3 Å². The van der Waals surface area contributed by atoms with Crippen LogP contribution in [0.5, 0.6) is 0 Å². The summed E-state index contributed by atoms with van der Waals surface area (Å²) in [6.07, 6.45) is -9.61. The lowest BCUT2D eigenvalue weighted by atomic mass is 9.97. The van der Waals surface area contributed by atoms with E-state index in [1.165, 1.54) is 37.3 Å². The summed E-state index contributed by atoms with van der Waals surface area (Å²) >= 11 is 7.84. The monoisotopic (exact) mass is 939 g/mol. The number of alkyl halides is 3. The highest BCUT2D eigenvalue weighted by Crippen LogP contribution is 2.33. The van der Waals surface area contributed by atoms with Crippen molar-refractivity contribution in [1.29, 1.82) is 5.26 Å². The summed E-state index contributed by atoms with van der Waals surface area (Å²) in [5, 5.41) is 19.9. The number of thiophene rings is 1. The first kappa shape index (κ1) is 53.4. The van der Waals surface area contributed by atoms with E-state index in [9.17, 15) is 52.0 Å². The highest BCUT2D eigenvalue weighted by molar-refractivity contribution is 7.18. The van der Waals surface area contributed by atoms with Gasteiger partial charge in [0.1, 0.15) is 36.3 Å². The van der Waals surface area contributed by atoms with Crippen LogP contribution in [-0.2, 0) is 44.7 Å². The number of halogens is 4. The largest absolute Gasteiger partial charge is 0.451 e. The summed E-state index contributed by atoms with van der Waals surface area (Å²) in [5.74, 6) is -7.55. The number of rotatable bonds is 11. The fourth-order valence-electron chi connectivity index (χ4n) is 7.42. The summed E-state index contributed by atoms with van der Waals surface area (Å²) in [5.41, 5.74) is 0.664. The molecule has 0 bridgehead atoms. The van der Waals surface area contributed by atoms with Crippen LogP contribution >= 0.6 is 22.9 Å². The number of hydrogen-bond acceptors (Lipinski definition) is 10. The van der Waals surface area contributed by atoms with Gasteiger partial charge in [0.05, 0.1) is 22.2 Å². The SMILES string of the molecule is CC(C)C[C@@H]1NC(=O)[C@H](Cc2csc3c(Cl)cccc23)N(C)C(=O)[C@H](CC(C)C)NC(=O)[C@H](CC(C)C)N(C)C(=O)[C@H](CC(F)(F)F)NC(=O)C(CCC#N)OC(=O)[C@H](C)N(C)C1=O. The van der Waals surface area contributed by atoms with E-state index in [0.717, 1.165) is 26.9 Å². The number of nitriles is 1. The quantitative estimate of drug-likeness (QED) is 0.248. The van der Waals surface area contributed by atoms with Crippen LogP contribution < -0.4 is 16.0 Å². The molecule has 3 rings (SSSR count). The Morgan fingerprint density at radius 2 is 1.27 bits per heavy atom. The molecule has 3 N–H and O–H groups in total. The Morgan fingerprint density at radius 1 is 0.766 bits per heavy atom. The molecule has 64 heavy (non-hydrogen) atoms. The molecule has 354 valence electrons. The molecular weight excluding hydrogens is 879 g/mol. The number of cyclic esters (lactones) is 1. The average molecular weight is 941 g/mol. The maximum atomic E-state index is 14.7. The topological polar surface area (TPSA) is 198 Å². The number of benzene rings is 1. The van der Waals surface area contributed by atoms with Gasteiger partial charge < -0.3 is 35.4 Å². The van der Waals surface area contributed by atoms with E-state index in [-0.39, 0.29) is 49.9 Å². The zero-order valence-corrected chi connectivity index (χ0v) is 39.6. The van der Waals surface area contributed by atoms with Crippen molar-refractivity contribution in [1.82, 2.24) is 30.7 Å². The van der Waals surface area contributed by atoms with Crippen molar-refractivity contribution < 1.29 is 51.5 Å². The van der Waals surface area contributed by atoms with Crippen LogP contribution in [0.25, 0.3) is 10.1 Å². The molecular formula is C44H61ClF3N7O8S. The molecule has 1 fully saturated rings. The number of likely N-dealkylation sites (N-methyl/N-ethyl adjacent to an activating group) is 3. The average Bonchev–Trinajstić information content (AvgIpc) is 3.63. The van der Waals surface area contributed by atoms with Crippen molar-refractivity contribution >= 4 is 74.4 Å². The van der Waals surface area contributed by atoms with Gasteiger partial charge in [-0.25, -0.2) is 4.79 Å². The number of ether oxygens (including phenoxy) is 1. The van der Waals surface area contributed by atoms with E-state index >= 15 is 0 Å². The molecule has 7 atom stereocenters. The van der Waals surface area contributed by atoms with Gasteiger partial charge in [-0.05, 0) is 66.3 Å². The Bertz CT molecular complexity index is 2060. The van der Waals surface area contributed by atoms with Crippen LogP contribution in [0.2, 0.25) is 5.02 Å². The maximum Gasteiger partial charge on any atom is 0.391 e. The fraction of sp³-hybridized carbons (Fsp3) is 0.636. The second-order valence-electron chi connectivity index (χ2n) is 17.7. The van der Waals surface area contributed by atoms with E-state index < -0.39 is 103 Å². The van der Waals surface area contributed by atoms with Crippen LogP contribution in [0.3, 0.4) is 0 Å². The smallest absolute Gasteiger partial charge is 0.391 e. The van der Waals surface area contributed by atoms with E-state index in [0.29, 0.717) is 10.6 Å². The number of hydrogen-bond donors (Lipinski definition) is 3. The molecule has 0 spiro atoms. The number of fused-ring (bicyclic) bond motifs is 1. The molecule has 1 aromatic heterocycles. The molecule has 15 nitrogen and oxygen atoms in total. The van der Waals surface area contributed by atoms with Crippen LogP contribution in [-0.4, -0.2) is 126 Å². The van der Waals surface area contributed by atoms with Gasteiger partial charge in [-0.1, -0.05) is 65.3 Å². The van der Waals surface area contributed by atoms with Crippen molar-refractivity contribution in [2.45, 2.75) is 142 Å². The predicted molar refractivity (Wildman–Crippen MR) is 235 cm³/mol. The van der Waals surface area contributed by atoms with Gasteiger partial charge >= 0.3 is 12.1 Å². The number of nitrogens with zero attached hydrogens (tertiary/aromatic N) is 4. The van der Waals surface area contributed by atoms with Gasteiger partial charge in [0.15, 0.2) is 6.10 Å². The van der Waals surface area contributed by atoms with Crippen molar-refractivity contribution in [2.24, 2.45) is 17.8 Å². The molecule has 6 amide bonds. The Kier molecular flexibility index (Phi) is 19.4. The van der Waals surface area contributed by atoms with Gasteiger partial charge in [-0.2, -0.15) is 18.4 Å². The maximum absolute atomic E-state index is 14.7. The van der Waals surface area contributed by atoms with Crippen LogP contribution in [0, 0.1) is 29.1 Å². The highest BCUT2D eigenvalue weighted by atomic mass is 35.5. The number of carbonyl (C=O) groups is 7. The molecule has 2 heterocycles. The molecule has 1 unspecified atom stereocenters. The second-order valence-corrected chi connectivity index (χ2v) is 18.9. The molecule has 0 saturated carbocycles. The number of nitrogens with one attached hydrogen (secondary N) is 3. The summed E-state index contributed by atoms with van der Waals surface area (Å²) in [7, 11) is 3.77. The Hall–Kier alpha value is -4.96. The van der Waals surface area contributed by atoms with Crippen molar-refractivity contribution in [2.75, 3.05) is 21.1 Å². The third-order valence-electron chi connectivity index (χ3n) is 11.0. The van der Waals surface area contributed by atoms with Crippen molar-refractivity contribution in [3.63, 3.8) is 0 Å². The van der Waals surface area contributed by atoms with Gasteiger partial charge in [0.25, 0.3) is 5.91 Å². The number of carbonyl (C=O) groups excluding carboxylic acids is 7. The third kappa shape index (κ3) is 14.5. The van der Waals surface area contributed by atoms with Crippen LogP contribution in [0.15, 0.2) is 23.6 Å². The lowest BCUT2D eigenvalue weighted by Gasteiger charge is -2.35. The van der Waals surface area contributed by atoms with Gasteiger partial charge in [-0.3, -0.25) is 28.8 Å². The van der Waals surface area contributed by atoms with Gasteiger partial charge in [0.2, 0.25) is 29.5 Å². The zero-order valence-electron chi connectivity index (χ0n) is 38.0. The zero-order chi connectivity index (χ0) is 48.4. The summed E-state index contributed by atoms with van der Waals surface area (Å²) < 4.78 is 48.5. The molecule has 1 aliphatic heterocycles. The molecule has 0 aliphatic carbocycles. The molecule has 1 aliphatic rings. The van der Waals surface area contributed by atoms with Crippen LogP contribution in [0.1, 0.15) is 92.6 Å². The highest BCUT2D eigenvalue weighted by Gasteiger charge is 2.43. The minimum atomic E-state index is -5.01. The van der Waals surface area contributed by atoms with Crippen molar-refractivity contribution in [3.8, 4) is 6.07 Å². The van der Waals surface area contributed by atoms with Gasteiger partial charge in [0, 0.05) is 40.4 Å². The lowest BCUT2D eigenvalue weighted by molar-refractivity contribution is -0.166. The normalized spacial score (nSPS) is 24.5. The Labute approximate surface area is 381 Å². The standard InChI is InChI=1S/C44H61ClF3N7O8S/c1-23(2)17-30-40(59)53(8)26(7)43(62)63-35(15-12-16-49)39(58)52-32(21-44(46,47)48)42(61)54(9)33(19-25(5)6)37(56)51-31(18-24(3)4)41(60)55(10)34(38(57)50-30)20-27-22-64-36-28(27)13-11-14-29(36)45/h11,13-14,22-26,30-35H,12,15,17-21H2,1-10H3,(H,50,57)(H,51,56)(H,52,58)/t26-,30-,31-,32-,33-,34-,35?/m0/s1. The molecule has 2 aromatic rings. The number of esters is 1. The lowest BCUT2D eigenvalue weighted by Crippen LogP contribution is -2.60. The van der Waals surface area contributed by atoms with E-state index in [2.05, 4.69) is 10.6 Å². The second kappa shape index (κ2) is 23.3. The summed E-state index contributed by atoms with van der Waals surface area (Å²) in [6.45, 7) is 11.9. The first-order chi connectivity index (χ1) is 29.8. The van der Waals surface area contributed by atoms with Crippen molar-refractivity contribution in [3.05, 3.63) is 34.2 Å². The fourth-order valence-corrected chi connectivity index (χ4v) is 8.72. The molecule has 20 heteroatoms. The summed E-state index contributed by atoms with van der Waals surface area (Å²) in [6, 6.07) is -1.97. The van der Waals surface area contributed by atoms with E-state index in [1.54, 1.807) is 45.9 Å². The molecule has 1 aromatic carbocycles. The predicted octanol–water partition coefficient (Wildman–Crippen LogP) is 5.37. The first-order valence-corrected chi connectivity index (χ1v) is 22.5. The Morgan fingerprint density at radius 3 is 1.80 bits per heavy atom. The minimum Gasteiger partial charge on any atom is -0.451 e.